The highest BCUT2D eigenvalue weighted by Gasteiger charge is 2.22. The van der Waals surface area contributed by atoms with Gasteiger partial charge in [-0.3, -0.25) is 14.3 Å². The molecule has 1 aliphatic rings. The van der Waals surface area contributed by atoms with Crippen LogP contribution in [0, 0.1) is 0 Å². The molecule has 1 N–H and O–H groups in total. The summed E-state index contributed by atoms with van der Waals surface area (Å²) in [5, 5.41) is 7.69. The van der Waals surface area contributed by atoms with Gasteiger partial charge in [-0.1, -0.05) is 12.1 Å². The number of unbranched alkanes of at least 4 members (excludes halogenated alkanes) is 1. The van der Waals surface area contributed by atoms with Crippen LogP contribution in [-0.4, -0.2) is 53.8 Å². The van der Waals surface area contributed by atoms with Crippen LogP contribution in [0.25, 0.3) is 0 Å². The lowest BCUT2D eigenvalue weighted by atomic mass is 10.0. The molecule has 0 bridgehead atoms. The number of ether oxygens (including phenoxy) is 2. The molecule has 1 aromatic carbocycles. The Morgan fingerprint density at radius 3 is 2.58 bits per heavy atom. The van der Waals surface area contributed by atoms with Gasteiger partial charge in [0.25, 0.3) is 5.91 Å². The quantitative estimate of drug-likeness (QED) is 0.372. The van der Waals surface area contributed by atoms with Gasteiger partial charge in [0.1, 0.15) is 5.69 Å². The molecular formula is C25H33N3O5. The highest BCUT2D eigenvalue weighted by molar-refractivity contribution is 5.96. The van der Waals surface area contributed by atoms with Crippen LogP contribution in [0.15, 0.2) is 24.3 Å². The van der Waals surface area contributed by atoms with Crippen LogP contribution in [-0.2, 0) is 28.9 Å². The summed E-state index contributed by atoms with van der Waals surface area (Å²) < 4.78 is 12.8. The van der Waals surface area contributed by atoms with Crippen LogP contribution in [0.1, 0.15) is 82.0 Å². The third kappa shape index (κ3) is 6.74. The fraction of sp³-hybridized carbons (Fsp3) is 0.520. The number of esters is 1. The molecule has 1 amide bonds. The number of carbonyl (C=O) groups is 3. The molecule has 3 rings (SSSR count). The van der Waals surface area contributed by atoms with E-state index in [-0.39, 0.29) is 11.7 Å². The monoisotopic (exact) mass is 455 g/mol. The lowest BCUT2D eigenvalue weighted by Crippen LogP contribution is -2.28. The van der Waals surface area contributed by atoms with Crippen molar-refractivity contribution in [3.8, 4) is 0 Å². The minimum absolute atomic E-state index is 0.0410. The normalized spacial score (nSPS) is 14.7. The molecule has 0 unspecified atom stereocenters. The van der Waals surface area contributed by atoms with Crippen molar-refractivity contribution in [3.05, 3.63) is 52.3 Å². The predicted molar refractivity (Wildman–Crippen MR) is 124 cm³/mol. The number of benzene rings is 1. The van der Waals surface area contributed by atoms with Crippen molar-refractivity contribution in [2.75, 3.05) is 26.4 Å². The maximum Gasteiger partial charge on any atom is 0.338 e. The molecule has 2 heterocycles. The molecule has 0 saturated heterocycles. The van der Waals surface area contributed by atoms with Crippen molar-refractivity contribution in [2.45, 2.75) is 58.9 Å². The van der Waals surface area contributed by atoms with E-state index >= 15 is 0 Å². The average Bonchev–Trinajstić information content (AvgIpc) is 3.15. The van der Waals surface area contributed by atoms with Crippen LogP contribution in [0.4, 0.5) is 0 Å². The van der Waals surface area contributed by atoms with E-state index in [9.17, 15) is 14.4 Å². The molecule has 0 saturated carbocycles. The summed E-state index contributed by atoms with van der Waals surface area (Å²) >= 11 is 0. The zero-order valence-corrected chi connectivity index (χ0v) is 19.5. The number of nitrogens with zero attached hydrogens (tertiary/aromatic N) is 2. The average molecular weight is 456 g/mol. The number of amides is 1. The number of hydrogen-bond donors (Lipinski definition) is 1. The van der Waals surface area contributed by atoms with E-state index in [1.807, 2.05) is 6.92 Å². The van der Waals surface area contributed by atoms with Crippen molar-refractivity contribution in [2.24, 2.45) is 0 Å². The molecule has 8 nitrogen and oxygen atoms in total. The van der Waals surface area contributed by atoms with Gasteiger partial charge in [-0.05, 0) is 64.5 Å². The van der Waals surface area contributed by atoms with Crippen LogP contribution in [0.3, 0.4) is 0 Å². The Kier molecular flexibility index (Phi) is 9.18. The van der Waals surface area contributed by atoms with E-state index in [0.29, 0.717) is 62.6 Å². The summed E-state index contributed by atoms with van der Waals surface area (Å²) in [6, 6.07) is 6.47. The first kappa shape index (κ1) is 24.6. The molecule has 0 atom stereocenters. The number of carbonyl (C=O) groups excluding carboxylic acids is 3. The molecule has 178 valence electrons. The third-order valence-electron chi connectivity index (χ3n) is 5.68. The Morgan fingerprint density at radius 2 is 1.85 bits per heavy atom. The smallest absolute Gasteiger partial charge is 0.338 e. The summed E-state index contributed by atoms with van der Waals surface area (Å²) in [6.45, 7) is 6.33. The molecule has 8 heteroatoms. The van der Waals surface area contributed by atoms with E-state index in [1.165, 1.54) is 6.92 Å². The number of Topliss-reactive ketones (excluding diaryl/α,β-unsaturated/α-hetero) is 1. The van der Waals surface area contributed by atoms with Crippen LogP contribution >= 0.6 is 0 Å². The summed E-state index contributed by atoms with van der Waals surface area (Å²) in [6.07, 6.45) is 4.61. The molecular weight excluding hydrogens is 422 g/mol. The minimum Gasteiger partial charge on any atom is -0.462 e. The van der Waals surface area contributed by atoms with Gasteiger partial charge in [-0.25, -0.2) is 4.79 Å². The van der Waals surface area contributed by atoms with E-state index < -0.39 is 5.97 Å². The molecule has 0 radical (unpaired) electrons. The Hall–Kier alpha value is -3.00. The molecule has 1 aliphatic heterocycles. The molecule has 33 heavy (non-hydrogen) atoms. The highest BCUT2D eigenvalue weighted by atomic mass is 16.5. The van der Waals surface area contributed by atoms with Gasteiger partial charge in [0.15, 0.2) is 5.78 Å². The minimum atomic E-state index is -0.398. The van der Waals surface area contributed by atoms with Gasteiger partial charge in [0.05, 0.1) is 17.9 Å². The van der Waals surface area contributed by atoms with Gasteiger partial charge in [-0.15, -0.1) is 0 Å². The van der Waals surface area contributed by atoms with Crippen molar-refractivity contribution >= 4 is 17.7 Å². The zero-order valence-electron chi connectivity index (χ0n) is 19.5. The second kappa shape index (κ2) is 12.3. The topological polar surface area (TPSA) is 99.5 Å². The Balaban J connectivity index is 1.55. The first-order valence-electron chi connectivity index (χ1n) is 11.7. The number of ketones is 1. The molecule has 0 fully saturated rings. The second-order valence-electron chi connectivity index (χ2n) is 8.14. The van der Waals surface area contributed by atoms with E-state index in [0.717, 1.165) is 36.9 Å². The van der Waals surface area contributed by atoms with Gasteiger partial charge in [-0.2, -0.15) is 5.10 Å². The fourth-order valence-electron chi connectivity index (χ4n) is 3.89. The van der Waals surface area contributed by atoms with E-state index in [4.69, 9.17) is 14.6 Å². The van der Waals surface area contributed by atoms with Crippen LogP contribution in [0.5, 0.6) is 0 Å². The van der Waals surface area contributed by atoms with E-state index in [1.54, 1.807) is 28.9 Å². The van der Waals surface area contributed by atoms with Gasteiger partial charge >= 0.3 is 5.97 Å². The first-order valence-corrected chi connectivity index (χ1v) is 11.7. The third-order valence-corrected chi connectivity index (χ3v) is 5.68. The lowest BCUT2D eigenvalue weighted by molar-refractivity contribution is 0.0498. The Labute approximate surface area is 194 Å². The molecule has 1 aromatic heterocycles. The fourth-order valence-corrected chi connectivity index (χ4v) is 3.89. The number of aromatic nitrogens is 2. The SMILES string of the molecule is CCn1nc(CCCCOC(=O)c2ccc(C(C)=O)cc2)c2c1C(=O)NCCCOCCC2. The van der Waals surface area contributed by atoms with Crippen LogP contribution < -0.4 is 5.32 Å². The largest absolute Gasteiger partial charge is 0.462 e. The number of aryl methyl sites for hydroxylation is 2. The van der Waals surface area contributed by atoms with Gasteiger partial charge in [0, 0.05) is 37.4 Å². The van der Waals surface area contributed by atoms with Crippen LogP contribution in [0.2, 0.25) is 0 Å². The Bertz CT molecular complexity index is 965. The highest BCUT2D eigenvalue weighted by Crippen LogP contribution is 2.20. The standard InChI is InChI=1S/C25H33N3O5/c1-3-28-23-21(8-6-15-32-16-7-14-26-24(23)30)22(27-28)9-4-5-17-33-25(31)20-12-10-19(11-13-20)18(2)29/h10-13H,3-9,14-17H2,1-2H3,(H,26,30). The van der Waals surface area contributed by atoms with Gasteiger partial charge < -0.3 is 14.8 Å². The van der Waals surface area contributed by atoms with Crippen molar-refractivity contribution in [3.63, 3.8) is 0 Å². The second-order valence-corrected chi connectivity index (χ2v) is 8.14. The maximum atomic E-state index is 12.8. The molecule has 0 spiro atoms. The molecule has 2 aromatic rings. The zero-order chi connectivity index (χ0) is 23.6. The maximum absolute atomic E-state index is 12.8. The number of fused-ring (bicyclic) bond motifs is 1. The number of nitrogens with one attached hydrogen (secondary N) is 1. The van der Waals surface area contributed by atoms with Crippen molar-refractivity contribution in [1.82, 2.24) is 15.1 Å². The summed E-state index contributed by atoms with van der Waals surface area (Å²) in [4.78, 5) is 36.3. The number of rotatable bonds is 8. The van der Waals surface area contributed by atoms with Crippen molar-refractivity contribution < 1.29 is 23.9 Å². The Morgan fingerprint density at radius 1 is 1.12 bits per heavy atom. The van der Waals surface area contributed by atoms with E-state index in [2.05, 4.69) is 5.32 Å². The number of hydrogen-bond acceptors (Lipinski definition) is 6. The predicted octanol–water partition coefficient (Wildman–Crippen LogP) is 3.37. The summed E-state index contributed by atoms with van der Waals surface area (Å²) in [5.41, 5.74) is 3.60. The lowest BCUT2D eigenvalue weighted by Gasteiger charge is -2.08. The van der Waals surface area contributed by atoms with Crippen molar-refractivity contribution in [1.29, 1.82) is 0 Å². The summed E-state index contributed by atoms with van der Waals surface area (Å²) in [5.74, 6) is -0.511. The summed E-state index contributed by atoms with van der Waals surface area (Å²) in [7, 11) is 0. The molecule has 0 aliphatic carbocycles. The van der Waals surface area contributed by atoms with Gasteiger partial charge in [0.2, 0.25) is 0 Å². The first-order chi connectivity index (χ1) is 16.0.